The minimum absolute atomic E-state index is 0.0750. The van der Waals surface area contributed by atoms with Gasteiger partial charge in [0.25, 0.3) is 11.5 Å². The summed E-state index contributed by atoms with van der Waals surface area (Å²) in [5, 5.41) is 0. The highest BCUT2D eigenvalue weighted by Gasteiger charge is 2.25. The summed E-state index contributed by atoms with van der Waals surface area (Å²) in [6, 6.07) is 14.9. The van der Waals surface area contributed by atoms with Gasteiger partial charge >= 0.3 is 5.69 Å². The topological polar surface area (TPSA) is 120 Å². The number of aromatic nitrogens is 2. The predicted octanol–water partition coefficient (Wildman–Crippen LogP) is 1.99. The molecule has 3 N–H and O–H groups in total. The van der Waals surface area contributed by atoms with E-state index in [4.69, 9.17) is 15.2 Å². The molecule has 0 spiro atoms. The molecule has 0 saturated heterocycles. The fourth-order valence-electron chi connectivity index (χ4n) is 3.38. The number of rotatable bonds is 9. The van der Waals surface area contributed by atoms with Crippen LogP contribution < -0.4 is 26.6 Å². The number of benzene rings is 2. The molecule has 0 aliphatic carbocycles. The zero-order valence-corrected chi connectivity index (χ0v) is 19.0. The monoisotopic (exact) mass is 452 g/mol. The van der Waals surface area contributed by atoms with Crippen LogP contribution >= 0.6 is 0 Å². The number of hydrogen-bond donors (Lipinski definition) is 2. The number of nitrogens with zero attached hydrogens (tertiary/aromatic N) is 2. The summed E-state index contributed by atoms with van der Waals surface area (Å²) in [4.78, 5) is 41.9. The Morgan fingerprint density at radius 1 is 1.12 bits per heavy atom. The van der Waals surface area contributed by atoms with Crippen LogP contribution in [-0.2, 0) is 22.6 Å². The summed E-state index contributed by atoms with van der Waals surface area (Å²) >= 11 is 0. The van der Waals surface area contributed by atoms with Crippen molar-refractivity contribution in [1.82, 2.24) is 9.55 Å². The molecule has 0 atom stereocenters. The third-order valence-corrected chi connectivity index (χ3v) is 5.18. The standard InChI is InChI=1S/C24H28N4O5/c1-16-9-10-17(2)19(13-16)33-15-20(29)28(14-18-7-5-4-6-8-18)21-22(25)27(11-12-32-3)24(31)26-23(21)30/h4-10,13H,11-12,14-15,25H2,1-3H3,(H,26,30,31). The van der Waals surface area contributed by atoms with E-state index in [1.54, 1.807) is 0 Å². The third kappa shape index (κ3) is 5.69. The number of ether oxygens (including phenoxy) is 2. The number of aromatic amines is 1. The third-order valence-electron chi connectivity index (χ3n) is 5.18. The molecular weight excluding hydrogens is 424 g/mol. The van der Waals surface area contributed by atoms with Gasteiger partial charge in [0.15, 0.2) is 12.3 Å². The molecule has 0 aliphatic rings. The Morgan fingerprint density at radius 2 is 1.85 bits per heavy atom. The van der Waals surface area contributed by atoms with Gasteiger partial charge in [-0.05, 0) is 36.6 Å². The molecular formula is C24H28N4O5. The number of carbonyl (C=O) groups excluding carboxylic acids is 1. The molecule has 9 nitrogen and oxygen atoms in total. The fraction of sp³-hybridized carbons (Fsp3) is 0.292. The van der Waals surface area contributed by atoms with E-state index in [-0.39, 0.29) is 37.8 Å². The van der Waals surface area contributed by atoms with Crippen LogP contribution in [0.1, 0.15) is 16.7 Å². The van der Waals surface area contributed by atoms with Crippen LogP contribution in [0.15, 0.2) is 58.1 Å². The number of nitrogens with two attached hydrogens (primary N) is 1. The average molecular weight is 453 g/mol. The van der Waals surface area contributed by atoms with E-state index >= 15 is 0 Å². The van der Waals surface area contributed by atoms with Crippen molar-refractivity contribution in [3.05, 3.63) is 86.1 Å². The Bertz CT molecular complexity index is 1230. The van der Waals surface area contributed by atoms with Crippen molar-refractivity contribution in [3.63, 3.8) is 0 Å². The summed E-state index contributed by atoms with van der Waals surface area (Å²) in [5.41, 5.74) is 7.36. The summed E-state index contributed by atoms with van der Waals surface area (Å²) in [6.07, 6.45) is 0. The van der Waals surface area contributed by atoms with Crippen LogP contribution in [0, 0.1) is 13.8 Å². The van der Waals surface area contributed by atoms with E-state index in [1.165, 1.54) is 16.6 Å². The molecule has 0 aliphatic heterocycles. The quantitative estimate of drug-likeness (QED) is 0.512. The molecule has 1 heterocycles. The second-order valence-corrected chi connectivity index (χ2v) is 7.66. The maximum atomic E-state index is 13.3. The molecule has 0 saturated carbocycles. The zero-order chi connectivity index (χ0) is 24.0. The Morgan fingerprint density at radius 3 is 2.55 bits per heavy atom. The lowest BCUT2D eigenvalue weighted by molar-refractivity contribution is -0.120. The van der Waals surface area contributed by atoms with Crippen molar-refractivity contribution in [2.24, 2.45) is 0 Å². The normalized spacial score (nSPS) is 10.8. The lowest BCUT2D eigenvalue weighted by Crippen LogP contribution is -2.42. The Balaban J connectivity index is 1.99. The molecule has 174 valence electrons. The molecule has 0 fully saturated rings. The summed E-state index contributed by atoms with van der Waals surface area (Å²) in [6.45, 7) is 3.91. The Kier molecular flexibility index (Phi) is 7.68. The van der Waals surface area contributed by atoms with E-state index < -0.39 is 17.2 Å². The van der Waals surface area contributed by atoms with Gasteiger partial charge in [-0.25, -0.2) is 4.79 Å². The Hall–Kier alpha value is -3.85. The number of H-pyrrole nitrogens is 1. The van der Waals surface area contributed by atoms with E-state index in [2.05, 4.69) is 4.98 Å². The summed E-state index contributed by atoms with van der Waals surface area (Å²) in [7, 11) is 1.49. The largest absolute Gasteiger partial charge is 0.483 e. The Labute approximate surface area is 191 Å². The first-order valence-electron chi connectivity index (χ1n) is 10.5. The van der Waals surface area contributed by atoms with E-state index in [1.807, 2.05) is 62.4 Å². The molecule has 0 bridgehead atoms. The molecule has 1 amide bonds. The van der Waals surface area contributed by atoms with Crippen molar-refractivity contribution in [2.75, 3.05) is 31.0 Å². The highest BCUT2D eigenvalue weighted by Crippen LogP contribution is 2.22. The summed E-state index contributed by atoms with van der Waals surface area (Å²) in [5.74, 6) is -0.0133. The molecule has 3 aromatic rings. The van der Waals surface area contributed by atoms with Gasteiger partial charge in [0, 0.05) is 7.11 Å². The number of carbonyl (C=O) groups is 1. The first-order chi connectivity index (χ1) is 15.8. The number of nitrogens with one attached hydrogen (secondary N) is 1. The number of hydrogen-bond acceptors (Lipinski definition) is 6. The van der Waals surface area contributed by atoms with Crippen LogP contribution in [0.25, 0.3) is 0 Å². The first kappa shape index (κ1) is 23.8. The summed E-state index contributed by atoms with van der Waals surface area (Å²) < 4.78 is 12.0. The van der Waals surface area contributed by atoms with Crippen LogP contribution in [0.3, 0.4) is 0 Å². The van der Waals surface area contributed by atoms with Crippen molar-refractivity contribution in [3.8, 4) is 5.75 Å². The van der Waals surface area contributed by atoms with Crippen molar-refractivity contribution >= 4 is 17.4 Å². The van der Waals surface area contributed by atoms with Crippen molar-refractivity contribution in [1.29, 1.82) is 0 Å². The first-order valence-corrected chi connectivity index (χ1v) is 10.5. The minimum atomic E-state index is -0.748. The van der Waals surface area contributed by atoms with E-state index in [0.29, 0.717) is 5.75 Å². The average Bonchev–Trinajstić information content (AvgIpc) is 2.79. The minimum Gasteiger partial charge on any atom is -0.483 e. The smallest absolute Gasteiger partial charge is 0.330 e. The van der Waals surface area contributed by atoms with E-state index in [9.17, 15) is 14.4 Å². The molecule has 2 aromatic carbocycles. The van der Waals surface area contributed by atoms with Crippen LogP contribution in [0.5, 0.6) is 5.75 Å². The highest BCUT2D eigenvalue weighted by molar-refractivity contribution is 5.96. The van der Waals surface area contributed by atoms with Gasteiger partial charge < -0.3 is 15.2 Å². The lowest BCUT2D eigenvalue weighted by Gasteiger charge is -2.25. The lowest BCUT2D eigenvalue weighted by atomic mass is 10.1. The number of methoxy groups -OCH3 is 1. The number of nitrogen functional groups attached to an aromatic ring is 1. The van der Waals surface area contributed by atoms with Gasteiger partial charge in [-0.1, -0.05) is 42.5 Å². The molecule has 9 heteroatoms. The van der Waals surface area contributed by atoms with Gasteiger partial charge in [0.05, 0.1) is 19.7 Å². The zero-order valence-electron chi connectivity index (χ0n) is 19.0. The molecule has 3 rings (SSSR count). The van der Waals surface area contributed by atoms with Gasteiger partial charge in [0.2, 0.25) is 0 Å². The number of amides is 1. The molecule has 0 radical (unpaired) electrons. The predicted molar refractivity (Wildman–Crippen MR) is 127 cm³/mol. The van der Waals surface area contributed by atoms with Crippen LogP contribution in [0.4, 0.5) is 11.5 Å². The molecule has 33 heavy (non-hydrogen) atoms. The van der Waals surface area contributed by atoms with Gasteiger partial charge in [-0.15, -0.1) is 0 Å². The molecule has 1 aromatic heterocycles. The van der Waals surface area contributed by atoms with Crippen LogP contribution in [-0.4, -0.2) is 35.8 Å². The maximum Gasteiger partial charge on any atom is 0.330 e. The number of aryl methyl sites for hydroxylation is 2. The van der Waals surface area contributed by atoms with Gasteiger partial charge in [0.1, 0.15) is 11.6 Å². The van der Waals surface area contributed by atoms with Crippen LogP contribution in [0.2, 0.25) is 0 Å². The van der Waals surface area contributed by atoms with Crippen molar-refractivity contribution in [2.45, 2.75) is 26.9 Å². The van der Waals surface area contributed by atoms with Crippen molar-refractivity contribution < 1.29 is 14.3 Å². The van der Waals surface area contributed by atoms with Gasteiger partial charge in [-0.3, -0.25) is 24.0 Å². The maximum absolute atomic E-state index is 13.3. The second kappa shape index (κ2) is 10.6. The van der Waals surface area contributed by atoms with Gasteiger partial charge in [-0.2, -0.15) is 0 Å². The second-order valence-electron chi connectivity index (χ2n) is 7.66. The fourth-order valence-corrected chi connectivity index (χ4v) is 3.38. The highest BCUT2D eigenvalue weighted by atomic mass is 16.5. The SMILES string of the molecule is COCCn1c(N)c(N(Cc2ccccc2)C(=O)COc2cc(C)ccc2C)c(=O)[nH]c1=O. The molecule has 0 unspecified atom stereocenters. The van der Waals surface area contributed by atoms with E-state index in [0.717, 1.165) is 16.7 Å². The number of anilines is 2.